The summed E-state index contributed by atoms with van der Waals surface area (Å²) in [5.41, 5.74) is 0.806. The van der Waals surface area contributed by atoms with Gasteiger partial charge in [0.25, 0.3) is 5.91 Å². The maximum Gasteiger partial charge on any atom is 0.286 e. The molecule has 0 radical (unpaired) electrons. The van der Waals surface area contributed by atoms with E-state index >= 15 is 0 Å². The predicted octanol–water partition coefficient (Wildman–Crippen LogP) is 2.86. The smallest absolute Gasteiger partial charge is 0.286 e. The van der Waals surface area contributed by atoms with E-state index in [1.807, 2.05) is 0 Å². The van der Waals surface area contributed by atoms with Crippen molar-refractivity contribution in [1.29, 1.82) is 0 Å². The molecule has 6 heteroatoms. The van der Waals surface area contributed by atoms with Crippen LogP contribution in [0.2, 0.25) is 0 Å². The lowest BCUT2D eigenvalue weighted by Crippen LogP contribution is -2.33. The van der Waals surface area contributed by atoms with Gasteiger partial charge in [-0.1, -0.05) is 6.07 Å². The second-order valence-electron chi connectivity index (χ2n) is 5.29. The van der Waals surface area contributed by atoms with Crippen LogP contribution in [0.5, 0.6) is 11.5 Å². The van der Waals surface area contributed by atoms with Gasteiger partial charge >= 0.3 is 0 Å². The summed E-state index contributed by atoms with van der Waals surface area (Å²) >= 11 is 1.42. The van der Waals surface area contributed by atoms with Crippen molar-refractivity contribution in [2.24, 2.45) is 4.99 Å². The summed E-state index contributed by atoms with van der Waals surface area (Å²) in [5.74, 6) is 0.278. The lowest BCUT2D eigenvalue weighted by Gasteiger charge is -2.27. The molecule has 1 amide bonds. The Labute approximate surface area is 133 Å². The molecule has 1 aromatic carbocycles. The highest BCUT2D eigenvalue weighted by atomic mass is 32.2. The molecule has 22 heavy (non-hydrogen) atoms. The third kappa shape index (κ3) is 3.11. The number of likely N-dealkylation sites (tertiary alicyclic amines) is 1. The maximum absolute atomic E-state index is 12.1. The average Bonchev–Trinajstić information content (AvgIpc) is 2.91. The molecule has 0 unspecified atom stereocenters. The number of amides is 1. The van der Waals surface area contributed by atoms with Gasteiger partial charge in [-0.15, -0.1) is 0 Å². The third-order valence-corrected chi connectivity index (χ3v) is 4.78. The molecule has 0 saturated carbocycles. The van der Waals surface area contributed by atoms with Crippen LogP contribution in [0.1, 0.15) is 24.8 Å². The predicted molar refractivity (Wildman–Crippen MR) is 88.1 cm³/mol. The first-order valence-electron chi connectivity index (χ1n) is 7.32. The number of benzene rings is 1. The summed E-state index contributed by atoms with van der Waals surface area (Å²) < 4.78 is 5.09. The van der Waals surface area contributed by atoms with E-state index in [-0.39, 0.29) is 11.7 Å². The van der Waals surface area contributed by atoms with Gasteiger partial charge in [0.15, 0.2) is 16.7 Å². The van der Waals surface area contributed by atoms with Gasteiger partial charge in [0.05, 0.1) is 12.0 Å². The van der Waals surface area contributed by atoms with E-state index in [1.165, 1.54) is 25.3 Å². The van der Waals surface area contributed by atoms with Crippen LogP contribution in [-0.2, 0) is 4.79 Å². The van der Waals surface area contributed by atoms with Crippen molar-refractivity contribution in [3.05, 3.63) is 28.7 Å². The molecule has 3 rings (SSSR count). The molecule has 2 heterocycles. The number of carbonyl (C=O) groups excluding carboxylic acids is 1. The first-order chi connectivity index (χ1) is 10.7. The number of aliphatic imine (C=N–C) groups is 1. The second kappa shape index (κ2) is 6.44. The Morgan fingerprint density at radius 2 is 2.09 bits per heavy atom. The Morgan fingerprint density at radius 3 is 2.82 bits per heavy atom. The number of methoxy groups -OCH3 is 1. The van der Waals surface area contributed by atoms with E-state index < -0.39 is 0 Å². The number of hydrogen-bond donors (Lipinski definition) is 1. The minimum Gasteiger partial charge on any atom is -0.504 e. The number of phenols is 1. The lowest BCUT2D eigenvalue weighted by molar-refractivity contribution is -0.113. The summed E-state index contributed by atoms with van der Waals surface area (Å²) in [4.78, 5) is 19.0. The summed E-state index contributed by atoms with van der Waals surface area (Å²) in [6.07, 6.45) is 5.34. The number of phenolic OH excluding ortho intramolecular Hbond substituents is 1. The summed E-state index contributed by atoms with van der Waals surface area (Å²) in [7, 11) is 1.50. The number of rotatable bonds is 2. The molecule has 2 aliphatic rings. The van der Waals surface area contributed by atoms with Crippen molar-refractivity contribution < 1.29 is 14.6 Å². The van der Waals surface area contributed by atoms with Crippen molar-refractivity contribution in [3.8, 4) is 11.5 Å². The van der Waals surface area contributed by atoms with Gasteiger partial charge < -0.3 is 14.7 Å². The van der Waals surface area contributed by atoms with Crippen LogP contribution < -0.4 is 4.74 Å². The Bertz CT molecular complexity index is 649. The standard InChI is InChI=1S/C16H18N2O3S/c1-21-13-9-11(5-6-12(13)19)10-14-15(20)17-16(22-14)18-7-3-2-4-8-18/h5-6,9-10,19H,2-4,7-8H2,1H3/b14-10-. The largest absolute Gasteiger partial charge is 0.504 e. The van der Waals surface area contributed by atoms with Crippen molar-refractivity contribution in [2.45, 2.75) is 19.3 Å². The van der Waals surface area contributed by atoms with Gasteiger partial charge in [-0.05, 0) is 54.8 Å². The zero-order chi connectivity index (χ0) is 15.5. The Morgan fingerprint density at radius 1 is 1.32 bits per heavy atom. The molecular formula is C16H18N2O3S. The van der Waals surface area contributed by atoms with Crippen LogP contribution in [0.3, 0.4) is 0 Å². The van der Waals surface area contributed by atoms with Gasteiger partial charge in [0.1, 0.15) is 0 Å². The average molecular weight is 318 g/mol. The van der Waals surface area contributed by atoms with Gasteiger partial charge in [-0.3, -0.25) is 4.79 Å². The number of amidine groups is 1. The molecule has 2 aliphatic heterocycles. The summed E-state index contributed by atoms with van der Waals surface area (Å²) in [6, 6.07) is 5.01. The number of ether oxygens (including phenoxy) is 1. The minimum atomic E-state index is -0.197. The van der Waals surface area contributed by atoms with Gasteiger partial charge in [-0.2, -0.15) is 4.99 Å². The Hall–Kier alpha value is -1.95. The number of hydrogen-bond acceptors (Lipinski definition) is 5. The number of nitrogens with zero attached hydrogens (tertiary/aromatic N) is 2. The topological polar surface area (TPSA) is 62.1 Å². The van der Waals surface area contributed by atoms with E-state index in [0.29, 0.717) is 10.7 Å². The molecule has 0 bridgehead atoms. The monoisotopic (exact) mass is 318 g/mol. The van der Waals surface area contributed by atoms with E-state index in [0.717, 1.165) is 36.7 Å². The number of carbonyl (C=O) groups is 1. The molecule has 5 nitrogen and oxygen atoms in total. The molecule has 1 fully saturated rings. The number of aromatic hydroxyl groups is 1. The Balaban J connectivity index is 1.77. The van der Waals surface area contributed by atoms with Gasteiger partial charge in [0.2, 0.25) is 0 Å². The SMILES string of the molecule is COc1cc(/C=C2\SC(N3CCCCC3)=NC2=O)ccc1O. The van der Waals surface area contributed by atoms with Crippen molar-refractivity contribution >= 4 is 28.9 Å². The first kappa shape index (κ1) is 15.0. The van der Waals surface area contributed by atoms with Crippen LogP contribution in [0, 0.1) is 0 Å². The van der Waals surface area contributed by atoms with Gasteiger partial charge in [-0.25, -0.2) is 0 Å². The molecule has 1 saturated heterocycles. The van der Waals surface area contributed by atoms with Gasteiger partial charge in [0, 0.05) is 13.1 Å². The van der Waals surface area contributed by atoms with Crippen LogP contribution >= 0.6 is 11.8 Å². The highest BCUT2D eigenvalue weighted by Crippen LogP contribution is 2.33. The van der Waals surface area contributed by atoms with E-state index in [1.54, 1.807) is 24.3 Å². The molecule has 0 aliphatic carbocycles. The summed E-state index contributed by atoms with van der Waals surface area (Å²) in [5, 5.41) is 10.4. The van der Waals surface area contributed by atoms with E-state index in [2.05, 4.69) is 9.89 Å². The molecule has 0 atom stereocenters. The zero-order valence-electron chi connectivity index (χ0n) is 12.4. The number of thioether (sulfide) groups is 1. The molecular weight excluding hydrogens is 300 g/mol. The van der Waals surface area contributed by atoms with Crippen molar-refractivity contribution in [3.63, 3.8) is 0 Å². The summed E-state index contributed by atoms with van der Waals surface area (Å²) in [6.45, 7) is 1.94. The highest BCUT2D eigenvalue weighted by Gasteiger charge is 2.26. The molecule has 0 aromatic heterocycles. The lowest BCUT2D eigenvalue weighted by atomic mass is 10.1. The number of piperidine rings is 1. The van der Waals surface area contributed by atoms with Crippen molar-refractivity contribution in [1.82, 2.24) is 4.90 Å². The quantitative estimate of drug-likeness (QED) is 0.850. The van der Waals surface area contributed by atoms with Crippen LogP contribution in [-0.4, -0.2) is 41.3 Å². The third-order valence-electron chi connectivity index (χ3n) is 3.74. The molecule has 1 aromatic rings. The minimum absolute atomic E-state index is 0.0836. The fraction of sp³-hybridized carbons (Fsp3) is 0.375. The maximum atomic E-state index is 12.1. The second-order valence-corrected chi connectivity index (χ2v) is 6.30. The van der Waals surface area contributed by atoms with Crippen LogP contribution in [0.15, 0.2) is 28.1 Å². The fourth-order valence-corrected chi connectivity index (χ4v) is 3.52. The normalized spacial score (nSPS) is 20.4. The van der Waals surface area contributed by atoms with Crippen molar-refractivity contribution in [2.75, 3.05) is 20.2 Å². The van der Waals surface area contributed by atoms with Crippen LogP contribution in [0.25, 0.3) is 6.08 Å². The fourth-order valence-electron chi connectivity index (χ4n) is 2.55. The highest BCUT2D eigenvalue weighted by molar-refractivity contribution is 8.18. The molecule has 116 valence electrons. The molecule has 1 N–H and O–H groups in total. The zero-order valence-corrected chi connectivity index (χ0v) is 13.2. The van der Waals surface area contributed by atoms with Crippen LogP contribution in [0.4, 0.5) is 0 Å². The Kier molecular flexibility index (Phi) is 4.38. The van der Waals surface area contributed by atoms with E-state index in [9.17, 15) is 9.90 Å². The van der Waals surface area contributed by atoms with E-state index in [4.69, 9.17) is 4.74 Å². The first-order valence-corrected chi connectivity index (χ1v) is 8.13. The molecule has 0 spiro atoms.